The summed E-state index contributed by atoms with van der Waals surface area (Å²) in [6.07, 6.45) is 3.42. The summed E-state index contributed by atoms with van der Waals surface area (Å²) in [5.41, 5.74) is 0.877. The fourth-order valence-corrected chi connectivity index (χ4v) is 3.07. The molecular formula is C18H29N7O. The molecule has 0 aromatic carbocycles. The molecule has 8 heteroatoms. The third-order valence-corrected chi connectivity index (χ3v) is 4.81. The van der Waals surface area contributed by atoms with Crippen molar-refractivity contribution in [1.82, 2.24) is 34.6 Å². The number of hydrogen-bond donors (Lipinski definition) is 0. The Labute approximate surface area is 154 Å². The van der Waals surface area contributed by atoms with Crippen molar-refractivity contribution in [3.05, 3.63) is 40.6 Å². The third-order valence-electron chi connectivity index (χ3n) is 4.81. The van der Waals surface area contributed by atoms with E-state index in [0.29, 0.717) is 6.54 Å². The lowest BCUT2D eigenvalue weighted by Crippen LogP contribution is -2.48. The van der Waals surface area contributed by atoms with Gasteiger partial charge in [-0.3, -0.25) is 14.6 Å². The van der Waals surface area contributed by atoms with Gasteiger partial charge in [-0.05, 0) is 6.07 Å². The van der Waals surface area contributed by atoms with Crippen LogP contribution in [0.4, 0.5) is 0 Å². The van der Waals surface area contributed by atoms with Crippen molar-refractivity contribution in [2.45, 2.75) is 39.3 Å². The predicted molar refractivity (Wildman–Crippen MR) is 100 cm³/mol. The molecule has 3 rings (SSSR count). The van der Waals surface area contributed by atoms with E-state index in [0.717, 1.165) is 51.5 Å². The van der Waals surface area contributed by atoms with Crippen LogP contribution in [0.3, 0.4) is 0 Å². The van der Waals surface area contributed by atoms with Gasteiger partial charge < -0.3 is 0 Å². The van der Waals surface area contributed by atoms with Gasteiger partial charge in [0.15, 0.2) is 0 Å². The van der Waals surface area contributed by atoms with Gasteiger partial charge in [0.25, 0.3) is 5.56 Å². The first-order chi connectivity index (χ1) is 12.4. The second kappa shape index (κ2) is 8.09. The Hall–Kier alpha value is -2.06. The van der Waals surface area contributed by atoms with Crippen molar-refractivity contribution >= 4 is 0 Å². The first kappa shape index (κ1) is 18.7. The molecule has 0 spiro atoms. The quantitative estimate of drug-likeness (QED) is 0.746. The van der Waals surface area contributed by atoms with E-state index in [1.54, 1.807) is 27.9 Å². The average molecular weight is 359 g/mol. The van der Waals surface area contributed by atoms with Gasteiger partial charge in [0.1, 0.15) is 0 Å². The lowest BCUT2D eigenvalue weighted by molar-refractivity contribution is 0.122. The highest BCUT2D eigenvalue weighted by atomic mass is 16.1. The van der Waals surface area contributed by atoms with Gasteiger partial charge in [-0.2, -0.15) is 20.1 Å². The fourth-order valence-electron chi connectivity index (χ4n) is 3.07. The highest BCUT2D eigenvalue weighted by Crippen LogP contribution is 2.18. The summed E-state index contributed by atoms with van der Waals surface area (Å²) in [6, 6.07) is 3.47. The normalized spacial score (nSPS) is 16.9. The minimum Gasteiger partial charge on any atom is -0.299 e. The van der Waals surface area contributed by atoms with E-state index in [9.17, 15) is 4.79 Å². The van der Waals surface area contributed by atoms with Gasteiger partial charge >= 0.3 is 0 Å². The summed E-state index contributed by atoms with van der Waals surface area (Å²) >= 11 is 0. The van der Waals surface area contributed by atoms with Crippen molar-refractivity contribution in [2.24, 2.45) is 0 Å². The molecular weight excluding hydrogens is 330 g/mol. The number of rotatable bonds is 6. The van der Waals surface area contributed by atoms with E-state index >= 15 is 0 Å². The van der Waals surface area contributed by atoms with E-state index in [1.165, 1.54) is 0 Å². The van der Waals surface area contributed by atoms with Crippen LogP contribution in [0.1, 0.15) is 26.5 Å². The monoisotopic (exact) mass is 359 g/mol. The maximum Gasteiger partial charge on any atom is 0.266 e. The topological polar surface area (TPSA) is 72.1 Å². The van der Waals surface area contributed by atoms with Crippen LogP contribution in [-0.4, -0.2) is 73.8 Å². The highest BCUT2D eigenvalue weighted by molar-refractivity contribution is 5.10. The molecule has 2 aromatic rings. The summed E-state index contributed by atoms with van der Waals surface area (Å²) < 4.78 is 1.61. The molecule has 0 radical (unpaired) electrons. The zero-order valence-electron chi connectivity index (χ0n) is 16.0. The van der Waals surface area contributed by atoms with Gasteiger partial charge in [0.05, 0.1) is 31.2 Å². The van der Waals surface area contributed by atoms with E-state index < -0.39 is 0 Å². The molecule has 0 unspecified atom stereocenters. The van der Waals surface area contributed by atoms with Crippen LogP contribution in [0.25, 0.3) is 0 Å². The standard InChI is InChI=1S/C18H29N7O/c1-18(2,3)16-4-5-17(26)24(21-16)14-12-22-8-10-23(11-9-22)13-15-25-19-6-7-20-25/h4-7H,8-15H2,1-3H3. The highest BCUT2D eigenvalue weighted by Gasteiger charge is 2.19. The third kappa shape index (κ3) is 4.98. The van der Waals surface area contributed by atoms with Crippen LogP contribution in [0, 0.1) is 0 Å². The Morgan fingerprint density at radius 1 is 0.885 bits per heavy atom. The maximum atomic E-state index is 12.1. The van der Waals surface area contributed by atoms with Crippen LogP contribution >= 0.6 is 0 Å². The minimum atomic E-state index is -0.0511. The predicted octanol–water partition coefficient (Wildman–Crippen LogP) is 0.450. The number of nitrogens with zero attached hydrogens (tertiary/aromatic N) is 7. The molecule has 3 heterocycles. The molecule has 0 bridgehead atoms. The molecule has 0 saturated carbocycles. The number of piperazine rings is 1. The van der Waals surface area contributed by atoms with Gasteiger partial charge in [-0.25, -0.2) is 4.68 Å². The van der Waals surface area contributed by atoms with E-state index in [1.807, 2.05) is 6.07 Å². The zero-order valence-corrected chi connectivity index (χ0v) is 16.0. The Balaban J connectivity index is 1.46. The summed E-state index contributed by atoms with van der Waals surface area (Å²) in [5, 5.41) is 12.8. The second-order valence-electron chi connectivity index (χ2n) is 7.84. The Morgan fingerprint density at radius 2 is 1.46 bits per heavy atom. The van der Waals surface area contributed by atoms with Gasteiger partial charge in [0.2, 0.25) is 0 Å². The molecule has 2 aromatic heterocycles. The molecule has 1 saturated heterocycles. The summed E-state index contributed by atoms with van der Waals surface area (Å²) in [5.74, 6) is 0. The Morgan fingerprint density at radius 3 is 2.04 bits per heavy atom. The van der Waals surface area contributed by atoms with Crippen molar-refractivity contribution in [3.8, 4) is 0 Å². The molecule has 0 amide bonds. The van der Waals surface area contributed by atoms with Crippen molar-refractivity contribution < 1.29 is 0 Å². The zero-order chi connectivity index (χ0) is 18.6. The lowest BCUT2D eigenvalue weighted by Gasteiger charge is -2.34. The summed E-state index contributed by atoms with van der Waals surface area (Å²) in [6.45, 7) is 13.7. The van der Waals surface area contributed by atoms with Gasteiger partial charge in [-0.15, -0.1) is 0 Å². The first-order valence-electron chi connectivity index (χ1n) is 9.29. The lowest BCUT2D eigenvalue weighted by atomic mass is 9.92. The second-order valence-corrected chi connectivity index (χ2v) is 7.84. The van der Waals surface area contributed by atoms with E-state index in [4.69, 9.17) is 0 Å². The number of aromatic nitrogens is 5. The Kier molecular flexibility index (Phi) is 5.83. The van der Waals surface area contributed by atoms with E-state index in [-0.39, 0.29) is 11.0 Å². The average Bonchev–Trinajstić information content (AvgIpc) is 3.13. The Bertz CT molecular complexity index is 740. The first-order valence-corrected chi connectivity index (χ1v) is 9.29. The van der Waals surface area contributed by atoms with Crippen LogP contribution in [0.2, 0.25) is 0 Å². The molecule has 0 N–H and O–H groups in total. The smallest absolute Gasteiger partial charge is 0.266 e. The molecule has 1 aliphatic rings. The largest absolute Gasteiger partial charge is 0.299 e. The van der Waals surface area contributed by atoms with E-state index in [2.05, 4.69) is 45.9 Å². The number of hydrogen-bond acceptors (Lipinski definition) is 6. The van der Waals surface area contributed by atoms with Crippen molar-refractivity contribution in [3.63, 3.8) is 0 Å². The SMILES string of the molecule is CC(C)(C)c1ccc(=O)n(CCN2CCN(CCn3nccn3)CC2)n1. The molecule has 8 nitrogen and oxygen atoms in total. The maximum absolute atomic E-state index is 12.1. The van der Waals surface area contributed by atoms with Gasteiger partial charge in [0, 0.05) is 50.7 Å². The van der Waals surface area contributed by atoms with Crippen LogP contribution in [0.5, 0.6) is 0 Å². The van der Waals surface area contributed by atoms with Crippen LogP contribution in [0.15, 0.2) is 29.3 Å². The molecule has 1 fully saturated rings. The van der Waals surface area contributed by atoms with Crippen LogP contribution < -0.4 is 5.56 Å². The molecule has 142 valence electrons. The molecule has 0 atom stereocenters. The van der Waals surface area contributed by atoms with Crippen molar-refractivity contribution in [2.75, 3.05) is 39.3 Å². The minimum absolute atomic E-state index is 0.0247. The van der Waals surface area contributed by atoms with Crippen LogP contribution in [-0.2, 0) is 18.5 Å². The van der Waals surface area contributed by atoms with Gasteiger partial charge in [-0.1, -0.05) is 20.8 Å². The molecule has 26 heavy (non-hydrogen) atoms. The molecule has 1 aliphatic heterocycles. The summed E-state index contributed by atoms with van der Waals surface area (Å²) in [4.78, 5) is 18.6. The fraction of sp³-hybridized carbons (Fsp3) is 0.667. The molecule has 0 aliphatic carbocycles. The van der Waals surface area contributed by atoms with Crippen molar-refractivity contribution in [1.29, 1.82) is 0 Å². The summed E-state index contributed by atoms with van der Waals surface area (Å²) in [7, 11) is 0.